The van der Waals surface area contributed by atoms with Crippen molar-refractivity contribution in [3.8, 4) is 11.5 Å². The summed E-state index contributed by atoms with van der Waals surface area (Å²) in [5.74, 6) is 0.488. The molecule has 25 heavy (non-hydrogen) atoms. The third kappa shape index (κ3) is 4.68. The Hall–Kier alpha value is -2.65. The first-order chi connectivity index (χ1) is 12.0. The van der Waals surface area contributed by atoms with Crippen molar-refractivity contribution in [3.63, 3.8) is 0 Å². The molecule has 1 aromatic heterocycles. The van der Waals surface area contributed by atoms with E-state index in [4.69, 9.17) is 9.47 Å². The molecule has 0 unspecified atom stereocenters. The summed E-state index contributed by atoms with van der Waals surface area (Å²) in [5.41, 5.74) is 1.14. The molecule has 1 aliphatic heterocycles. The maximum Gasteiger partial charge on any atom is 0.251 e. The van der Waals surface area contributed by atoms with Gasteiger partial charge in [-0.25, -0.2) is 13.1 Å². The van der Waals surface area contributed by atoms with Crippen LogP contribution in [0.1, 0.15) is 15.9 Å². The van der Waals surface area contributed by atoms with Crippen molar-refractivity contribution in [2.24, 2.45) is 0 Å². The quantitative estimate of drug-likeness (QED) is 0.748. The third-order valence-electron chi connectivity index (χ3n) is 3.51. The Labute approximate surface area is 145 Å². The van der Waals surface area contributed by atoms with Crippen molar-refractivity contribution >= 4 is 15.9 Å². The summed E-state index contributed by atoms with van der Waals surface area (Å²) in [6.45, 7) is 0.281. The highest BCUT2D eigenvalue weighted by Gasteiger charge is 2.17. The Kier molecular flexibility index (Phi) is 5.15. The van der Waals surface area contributed by atoms with Crippen LogP contribution < -0.4 is 19.5 Å². The van der Waals surface area contributed by atoms with E-state index in [-0.39, 0.29) is 31.5 Å². The first kappa shape index (κ1) is 17.2. The lowest BCUT2D eigenvalue weighted by Gasteiger charge is -2.08. The largest absolute Gasteiger partial charge is 0.454 e. The second kappa shape index (κ2) is 7.49. The first-order valence-electron chi connectivity index (χ1n) is 7.57. The molecule has 1 amide bonds. The van der Waals surface area contributed by atoms with E-state index >= 15 is 0 Å². The lowest BCUT2D eigenvalue weighted by molar-refractivity contribution is 0.0955. The van der Waals surface area contributed by atoms with Crippen LogP contribution >= 0.6 is 0 Å². The molecule has 0 saturated carbocycles. The Morgan fingerprint density at radius 3 is 2.84 bits per heavy atom. The van der Waals surface area contributed by atoms with Crippen LogP contribution in [0.3, 0.4) is 0 Å². The number of amides is 1. The van der Waals surface area contributed by atoms with E-state index in [1.165, 1.54) is 0 Å². The highest BCUT2D eigenvalue weighted by atomic mass is 32.2. The molecule has 1 aliphatic rings. The average molecular weight is 363 g/mol. The SMILES string of the molecule is O=C(NCCS(=O)(=O)NCc1cccnc1)c1ccc2c(c1)OCO2. The second-order valence-corrected chi connectivity index (χ2v) is 7.25. The second-order valence-electron chi connectivity index (χ2n) is 5.33. The van der Waals surface area contributed by atoms with Gasteiger partial charge >= 0.3 is 0 Å². The van der Waals surface area contributed by atoms with Crippen molar-refractivity contribution in [1.82, 2.24) is 15.0 Å². The number of nitrogens with one attached hydrogen (secondary N) is 2. The first-order valence-corrected chi connectivity index (χ1v) is 9.23. The summed E-state index contributed by atoms with van der Waals surface area (Å²) in [6.07, 6.45) is 3.20. The third-order valence-corrected chi connectivity index (χ3v) is 4.84. The zero-order valence-electron chi connectivity index (χ0n) is 13.3. The molecular weight excluding hydrogens is 346 g/mol. The Morgan fingerprint density at radius 2 is 2.04 bits per heavy atom. The average Bonchev–Trinajstić information content (AvgIpc) is 3.08. The number of rotatable bonds is 7. The molecule has 2 heterocycles. The number of nitrogens with zero attached hydrogens (tertiary/aromatic N) is 1. The van der Waals surface area contributed by atoms with E-state index in [1.54, 1.807) is 42.7 Å². The standard InChI is InChI=1S/C16H17N3O5S/c20-16(13-3-4-14-15(8-13)24-11-23-14)18-6-7-25(21,22)19-10-12-2-1-5-17-9-12/h1-5,8-9,19H,6-7,10-11H2,(H,18,20). The monoisotopic (exact) mass is 363 g/mol. The van der Waals surface area contributed by atoms with Gasteiger partial charge in [0.1, 0.15) is 0 Å². The van der Waals surface area contributed by atoms with E-state index in [1.807, 2.05) is 0 Å². The highest BCUT2D eigenvalue weighted by molar-refractivity contribution is 7.89. The number of fused-ring (bicyclic) bond motifs is 1. The van der Waals surface area contributed by atoms with Gasteiger partial charge in [-0.05, 0) is 29.8 Å². The predicted molar refractivity (Wildman–Crippen MR) is 89.8 cm³/mol. The van der Waals surface area contributed by atoms with Gasteiger partial charge in [-0.2, -0.15) is 0 Å². The van der Waals surface area contributed by atoms with Gasteiger partial charge < -0.3 is 14.8 Å². The van der Waals surface area contributed by atoms with Gasteiger partial charge in [0, 0.05) is 31.0 Å². The Balaban J connectivity index is 1.47. The molecule has 0 bridgehead atoms. The van der Waals surface area contributed by atoms with E-state index < -0.39 is 10.0 Å². The number of hydrogen-bond donors (Lipinski definition) is 2. The zero-order valence-corrected chi connectivity index (χ0v) is 14.1. The molecular formula is C16H17N3O5S. The number of carbonyl (C=O) groups is 1. The lowest BCUT2D eigenvalue weighted by atomic mass is 10.2. The maximum atomic E-state index is 12.1. The van der Waals surface area contributed by atoms with Crippen molar-refractivity contribution in [3.05, 3.63) is 53.9 Å². The van der Waals surface area contributed by atoms with Crippen LogP contribution in [-0.2, 0) is 16.6 Å². The minimum atomic E-state index is -3.50. The highest BCUT2D eigenvalue weighted by Crippen LogP contribution is 2.32. The molecule has 2 N–H and O–H groups in total. The molecule has 3 rings (SSSR count). The minimum Gasteiger partial charge on any atom is -0.454 e. The van der Waals surface area contributed by atoms with Crippen LogP contribution in [0, 0.1) is 0 Å². The lowest BCUT2D eigenvalue weighted by Crippen LogP contribution is -2.34. The minimum absolute atomic E-state index is 0.00432. The number of benzene rings is 1. The van der Waals surface area contributed by atoms with Crippen LogP contribution in [-0.4, -0.2) is 38.4 Å². The van der Waals surface area contributed by atoms with E-state index in [9.17, 15) is 13.2 Å². The molecule has 2 aromatic rings. The summed E-state index contributed by atoms with van der Waals surface area (Å²) in [7, 11) is -3.50. The summed E-state index contributed by atoms with van der Waals surface area (Å²) < 4.78 is 36.8. The number of sulfonamides is 1. The summed E-state index contributed by atoms with van der Waals surface area (Å²) >= 11 is 0. The Morgan fingerprint density at radius 1 is 1.20 bits per heavy atom. The number of pyridine rings is 1. The maximum absolute atomic E-state index is 12.1. The molecule has 8 nitrogen and oxygen atoms in total. The smallest absolute Gasteiger partial charge is 0.251 e. The fourth-order valence-electron chi connectivity index (χ4n) is 2.21. The van der Waals surface area contributed by atoms with Gasteiger partial charge in [0.05, 0.1) is 5.75 Å². The molecule has 0 aliphatic carbocycles. The van der Waals surface area contributed by atoms with Crippen molar-refractivity contribution in [2.75, 3.05) is 19.1 Å². The van der Waals surface area contributed by atoms with Crippen molar-refractivity contribution in [2.45, 2.75) is 6.54 Å². The molecule has 9 heteroatoms. The van der Waals surface area contributed by atoms with Gasteiger partial charge in [-0.3, -0.25) is 9.78 Å². The van der Waals surface area contributed by atoms with Crippen LogP contribution in [0.5, 0.6) is 11.5 Å². The van der Waals surface area contributed by atoms with Crippen LogP contribution in [0.4, 0.5) is 0 Å². The number of ether oxygens (including phenoxy) is 2. The number of hydrogen-bond acceptors (Lipinski definition) is 6. The van der Waals surface area contributed by atoms with Gasteiger partial charge in [-0.15, -0.1) is 0 Å². The van der Waals surface area contributed by atoms with E-state index in [0.29, 0.717) is 17.1 Å². The normalized spacial score (nSPS) is 12.8. The van der Waals surface area contributed by atoms with Gasteiger partial charge in [0.15, 0.2) is 11.5 Å². The fraction of sp³-hybridized carbons (Fsp3) is 0.250. The molecule has 1 aromatic carbocycles. The van der Waals surface area contributed by atoms with Crippen LogP contribution in [0.2, 0.25) is 0 Å². The molecule has 132 valence electrons. The van der Waals surface area contributed by atoms with E-state index in [0.717, 1.165) is 5.56 Å². The Bertz CT molecular complexity index is 855. The predicted octanol–water partition coefficient (Wildman–Crippen LogP) is 0.660. The molecule has 0 saturated heterocycles. The molecule has 0 fully saturated rings. The molecule has 0 radical (unpaired) electrons. The molecule has 0 atom stereocenters. The van der Waals surface area contributed by atoms with Gasteiger partial charge in [0.25, 0.3) is 5.91 Å². The van der Waals surface area contributed by atoms with Crippen LogP contribution in [0.25, 0.3) is 0 Å². The number of aromatic nitrogens is 1. The summed E-state index contributed by atoms with van der Waals surface area (Å²) in [5, 5.41) is 2.58. The van der Waals surface area contributed by atoms with Gasteiger partial charge in [-0.1, -0.05) is 6.07 Å². The van der Waals surface area contributed by atoms with Gasteiger partial charge in [0.2, 0.25) is 16.8 Å². The fourth-order valence-corrected chi connectivity index (χ4v) is 3.11. The van der Waals surface area contributed by atoms with Crippen molar-refractivity contribution in [1.29, 1.82) is 0 Å². The van der Waals surface area contributed by atoms with Crippen LogP contribution in [0.15, 0.2) is 42.7 Å². The van der Waals surface area contributed by atoms with E-state index in [2.05, 4.69) is 15.0 Å². The molecule has 0 spiro atoms. The van der Waals surface area contributed by atoms with Crippen molar-refractivity contribution < 1.29 is 22.7 Å². The summed E-state index contributed by atoms with van der Waals surface area (Å²) in [6, 6.07) is 8.31. The zero-order chi connectivity index (χ0) is 17.7. The topological polar surface area (TPSA) is 107 Å². The number of carbonyl (C=O) groups excluding carboxylic acids is 1. The summed E-state index contributed by atoms with van der Waals surface area (Å²) in [4.78, 5) is 16.0.